The van der Waals surface area contributed by atoms with Crippen molar-refractivity contribution in [1.82, 2.24) is 5.43 Å². The molecule has 0 aliphatic carbocycles. The molecular weight excluding hydrogens is 307 g/mol. The summed E-state index contributed by atoms with van der Waals surface area (Å²) in [4.78, 5) is 0. The highest BCUT2D eigenvalue weighted by Gasteiger charge is 2.41. The van der Waals surface area contributed by atoms with E-state index in [1.54, 1.807) is 0 Å². The first-order chi connectivity index (χ1) is 9.27. The minimum atomic E-state index is -4.26. The fourth-order valence-electron chi connectivity index (χ4n) is 1.39. The molecule has 0 spiro atoms. The van der Waals surface area contributed by atoms with Crippen molar-refractivity contribution in [1.29, 1.82) is 0 Å². The zero-order valence-electron chi connectivity index (χ0n) is 10.1. The van der Waals surface area contributed by atoms with E-state index in [1.165, 1.54) is 6.07 Å². The quantitative estimate of drug-likeness (QED) is 0.462. The molecule has 3 nitrogen and oxygen atoms in total. The normalized spacial score (nSPS) is 13.8. The van der Waals surface area contributed by atoms with E-state index in [-0.39, 0.29) is 10.6 Å². The van der Waals surface area contributed by atoms with Gasteiger partial charge in [0, 0.05) is 5.02 Å². The van der Waals surface area contributed by atoms with Gasteiger partial charge in [-0.05, 0) is 23.8 Å². The van der Waals surface area contributed by atoms with Gasteiger partial charge in [0.1, 0.15) is 12.4 Å². The number of hydrazine groups is 1. The van der Waals surface area contributed by atoms with Gasteiger partial charge in [-0.1, -0.05) is 11.6 Å². The van der Waals surface area contributed by atoms with Gasteiger partial charge in [-0.2, -0.15) is 8.78 Å². The summed E-state index contributed by atoms with van der Waals surface area (Å²) in [5, 5.41) is 0.138. The fraction of sp³-hybridized carbons (Fsp3) is 0.455. The van der Waals surface area contributed by atoms with Crippen LogP contribution in [0, 0.1) is 5.82 Å². The van der Waals surface area contributed by atoms with E-state index in [0.29, 0.717) is 0 Å². The van der Waals surface area contributed by atoms with Crippen LogP contribution >= 0.6 is 11.6 Å². The van der Waals surface area contributed by atoms with Crippen molar-refractivity contribution in [2.45, 2.75) is 18.4 Å². The lowest BCUT2D eigenvalue weighted by molar-refractivity contribution is -0.167. The summed E-state index contributed by atoms with van der Waals surface area (Å²) in [5.74, 6) is 0.319. The smallest absolute Gasteiger partial charge is 0.330 e. The number of benzene rings is 1. The third kappa shape index (κ3) is 4.55. The number of hydrogen-bond acceptors (Lipinski definition) is 3. The molecule has 1 atom stereocenters. The van der Waals surface area contributed by atoms with Gasteiger partial charge in [-0.25, -0.2) is 13.2 Å². The topological polar surface area (TPSA) is 47.3 Å². The second kappa shape index (κ2) is 7.16. The van der Waals surface area contributed by atoms with E-state index >= 15 is 0 Å². The lowest BCUT2D eigenvalue weighted by atomic mass is 10.1. The largest absolute Gasteiger partial charge is 0.373 e. The van der Waals surface area contributed by atoms with Crippen LogP contribution < -0.4 is 11.3 Å². The monoisotopic (exact) mass is 318 g/mol. The van der Waals surface area contributed by atoms with Crippen molar-refractivity contribution in [3.8, 4) is 0 Å². The van der Waals surface area contributed by atoms with Gasteiger partial charge < -0.3 is 4.74 Å². The van der Waals surface area contributed by atoms with Crippen molar-refractivity contribution >= 4 is 11.6 Å². The van der Waals surface area contributed by atoms with Gasteiger partial charge in [-0.15, -0.1) is 0 Å². The van der Waals surface area contributed by atoms with Crippen LogP contribution in [-0.2, 0) is 4.74 Å². The predicted octanol–water partition coefficient (Wildman–Crippen LogP) is 2.90. The number of rotatable bonds is 7. The summed E-state index contributed by atoms with van der Waals surface area (Å²) < 4.78 is 66.7. The van der Waals surface area contributed by atoms with Crippen molar-refractivity contribution < 1.29 is 26.7 Å². The Balaban J connectivity index is 2.67. The Morgan fingerprint density at radius 3 is 2.55 bits per heavy atom. The second-order valence-electron chi connectivity index (χ2n) is 3.96. The Morgan fingerprint density at radius 2 is 2.00 bits per heavy atom. The average molecular weight is 319 g/mol. The molecule has 0 aliphatic heterocycles. The van der Waals surface area contributed by atoms with Crippen LogP contribution in [0.25, 0.3) is 0 Å². The average Bonchev–Trinajstić information content (AvgIpc) is 2.37. The van der Waals surface area contributed by atoms with Crippen molar-refractivity contribution in [3.63, 3.8) is 0 Å². The van der Waals surface area contributed by atoms with E-state index < -0.39 is 37.4 Å². The Bertz CT molecular complexity index is 447. The van der Waals surface area contributed by atoms with Crippen LogP contribution in [0.3, 0.4) is 0 Å². The van der Waals surface area contributed by atoms with Crippen LogP contribution in [0.5, 0.6) is 0 Å². The number of nitrogens with one attached hydrogen (secondary N) is 1. The van der Waals surface area contributed by atoms with E-state index in [2.05, 4.69) is 10.2 Å². The van der Waals surface area contributed by atoms with Gasteiger partial charge in [0.2, 0.25) is 0 Å². The summed E-state index contributed by atoms with van der Waals surface area (Å²) >= 11 is 5.80. The zero-order valence-corrected chi connectivity index (χ0v) is 10.8. The molecule has 3 N–H and O–H groups in total. The number of ether oxygens (including phenoxy) is 1. The van der Waals surface area contributed by atoms with Gasteiger partial charge in [0.05, 0.1) is 12.6 Å². The number of hydrogen-bond donors (Lipinski definition) is 2. The third-order valence-electron chi connectivity index (χ3n) is 2.43. The highest BCUT2D eigenvalue weighted by Crippen LogP contribution is 2.26. The summed E-state index contributed by atoms with van der Waals surface area (Å²) in [7, 11) is 0. The fourth-order valence-corrected chi connectivity index (χ4v) is 1.63. The predicted molar refractivity (Wildman–Crippen MR) is 63.2 cm³/mol. The van der Waals surface area contributed by atoms with Crippen molar-refractivity contribution in [3.05, 3.63) is 34.6 Å². The summed E-state index contributed by atoms with van der Waals surface area (Å²) in [6.45, 7) is -1.95. The zero-order chi connectivity index (χ0) is 15.3. The van der Waals surface area contributed by atoms with Gasteiger partial charge in [0.15, 0.2) is 0 Å². The first-order valence-electron chi connectivity index (χ1n) is 5.42. The lowest BCUT2D eigenvalue weighted by Crippen LogP contribution is -2.36. The Labute approximate surface area is 116 Å². The number of alkyl halides is 4. The maximum absolute atomic E-state index is 13.1. The molecule has 1 aromatic carbocycles. The molecule has 0 saturated carbocycles. The molecule has 1 unspecified atom stereocenters. The number of nitrogens with two attached hydrogens (primary N) is 1. The maximum Gasteiger partial charge on any atom is 0.330 e. The molecule has 0 saturated heterocycles. The molecule has 1 aromatic rings. The highest BCUT2D eigenvalue weighted by atomic mass is 35.5. The summed E-state index contributed by atoms with van der Waals surface area (Å²) in [6.07, 6.45) is -3.83. The van der Waals surface area contributed by atoms with Crippen LogP contribution in [0.15, 0.2) is 18.2 Å². The van der Waals surface area contributed by atoms with Crippen LogP contribution in [0.4, 0.5) is 22.0 Å². The number of halogens is 6. The van der Waals surface area contributed by atoms with Crippen molar-refractivity contribution in [2.24, 2.45) is 5.84 Å². The standard InChI is InChI=1S/C11H12ClF5N2O/c12-8-2-1-6(13)3-7(8)9(19-18)4-20-5-11(16,17)10(14)15/h1-3,9-10,19H,4-5,18H2. The minimum Gasteiger partial charge on any atom is -0.373 e. The maximum atomic E-state index is 13.1. The van der Waals surface area contributed by atoms with Gasteiger partial charge in [0.25, 0.3) is 0 Å². The minimum absolute atomic E-state index is 0.138. The van der Waals surface area contributed by atoms with E-state index in [4.69, 9.17) is 17.4 Å². The SMILES string of the molecule is NNC(COCC(F)(F)C(F)F)c1cc(F)ccc1Cl. The molecule has 0 aliphatic rings. The summed E-state index contributed by atoms with van der Waals surface area (Å²) in [6, 6.07) is 2.49. The molecular formula is C11H12ClF5N2O. The summed E-state index contributed by atoms with van der Waals surface area (Å²) in [5.41, 5.74) is 2.37. The van der Waals surface area contributed by atoms with Gasteiger partial charge in [-0.3, -0.25) is 11.3 Å². The lowest BCUT2D eigenvalue weighted by Gasteiger charge is -2.20. The van der Waals surface area contributed by atoms with Gasteiger partial charge >= 0.3 is 12.3 Å². The Kier molecular flexibility index (Phi) is 6.12. The molecule has 20 heavy (non-hydrogen) atoms. The molecule has 0 fully saturated rings. The third-order valence-corrected chi connectivity index (χ3v) is 2.78. The molecule has 0 heterocycles. The van der Waals surface area contributed by atoms with Crippen LogP contribution in [0.2, 0.25) is 5.02 Å². The van der Waals surface area contributed by atoms with Crippen molar-refractivity contribution in [2.75, 3.05) is 13.2 Å². The second-order valence-corrected chi connectivity index (χ2v) is 4.37. The van der Waals surface area contributed by atoms with E-state index in [9.17, 15) is 22.0 Å². The molecule has 9 heteroatoms. The van der Waals surface area contributed by atoms with E-state index in [1.807, 2.05) is 0 Å². The Morgan fingerprint density at radius 1 is 1.35 bits per heavy atom. The van der Waals surface area contributed by atoms with Crippen LogP contribution in [-0.4, -0.2) is 25.6 Å². The molecule has 0 radical (unpaired) electrons. The van der Waals surface area contributed by atoms with Crippen LogP contribution in [0.1, 0.15) is 11.6 Å². The molecule has 0 amide bonds. The molecule has 1 rings (SSSR count). The first kappa shape index (κ1) is 17.1. The molecule has 114 valence electrons. The Hall–Kier alpha value is -0.960. The highest BCUT2D eigenvalue weighted by molar-refractivity contribution is 6.31. The first-order valence-corrected chi connectivity index (χ1v) is 5.80. The molecule has 0 aromatic heterocycles. The molecule has 0 bridgehead atoms. The van der Waals surface area contributed by atoms with E-state index in [0.717, 1.165) is 12.1 Å².